The van der Waals surface area contributed by atoms with Crippen LogP contribution in [-0.4, -0.2) is 40.5 Å². The lowest BCUT2D eigenvalue weighted by atomic mass is 10.0. The van der Waals surface area contributed by atoms with Crippen molar-refractivity contribution in [1.29, 1.82) is 0 Å². The van der Waals surface area contributed by atoms with Crippen LogP contribution in [0.4, 0.5) is 43.9 Å². The number of hydrogen-bond donors (Lipinski definition) is 1. The maximum Gasteiger partial charge on any atom is 0.445 e. The third kappa shape index (κ3) is 3.02. The predicted octanol–water partition coefficient (Wildman–Crippen LogP) is 3.38. The quantitative estimate of drug-likeness (QED) is 0.592. The molecular weight excluding hydrogens is 345 g/mol. The highest BCUT2D eigenvalue weighted by Crippen LogP contribution is 2.54. The normalized spacial score (nSPS) is 15.3. The Hall–Kier alpha value is -0.980. The molecule has 14 heteroatoms. The molecule has 20 heavy (non-hydrogen) atoms. The van der Waals surface area contributed by atoms with Crippen LogP contribution in [0.15, 0.2) is 0 Å². The zero-order chi connectivity index (χ0) is 16.8. The minimum Gasteiger partial charge on any atom is -0.477 e. The van der Waals surface area contributed by atoms with Gasteiger partial charge in [-0.25, -0.2) is 9.53 Å². The van der Waals surface area contributed by atoms with Gasteiger partial charge in [-0.1, -0.05) is 0 Å². The number of carboxylic acid groups (broad SMARTS) is 1. The second kappa shape index (κ2) is 4.79. The Morgan fingerprint density at radius 1 is 0.850 bits per heavy atom. The average Bonchev–Trinajstić information content (AvgIpc) is 2.12. The molecular formula is C6HClF10O3. The van der Waals surface area contributed by atoms with Crippen molar-refractivity contribution in [1.82, 2.24) is 0 Å². The van der Waals surface area contributed by atoms with Crippen LogP contribution in [0.25, 0.3) is 0 Å². The molecule has 0 rings (SSSR count). The highest BCUT2D eigenvalue weighted by molar-refractivity contribution is 6.20. The van der Waals surface area contributed by atoms with Crippen LogP contribution in [0.2, 0.25) is 0 Å². The van der Waals surface area contributed by atoms with E-state index in [2.05, 4.69) is 11.6 Å². The lowest BCUT2D eigenvalue weighted by Gasteiger charge is -2.34. The number of halogens is 11. The lowest BCUT2D eigenvalue weighted by molar-refractivity contribution is -0.455. The first-order chi connectivity index (χ1) is 8.40. The molecule has 0 radical (unpaired) electrons. The van der Waals surface area contributed by atoms with Gasteiger partial charge < -0.3 is 5.11 Å². The standard InChI is InChI=1S/C6HClF10O3/c7-6(16,17)20-5(14,15)4(12,13)3(10,11)2(8,9)1(18)19/h(H,18,19). The Kier molecular flexibility index (Phi) is 4.55. The minimum atomic E-state index is -7.32. The third-order valence-corrected chi connectivity index (χ3v) is 1.74. The molecule has 3 nitrogen and oxygen atoms in total. The van der Waals surface area contributed by atoms with Crippen molar-refractivity contribution in [2.75, 3.05) is 0 Å². The number of rotatable bonds is 6. The number of hydrogen-bond acceptors (Lipinski definition) is 2. The molecule has 120 valence electrons. The molecule has 0 saturated carbocycles. The number of ether oxygens (including phenoxy) is 1. The number of carboxylic acids is 1. The van der Waals surface area contributed by atoms with E-state index in [4.69, 9.17) is 5.11 Å². The summed E-state index contributed by atoms with van der Waals surface area (Å²) in [6.45, 7) is 0. The summed E-state index contributed by atoms with van der Waals surface area (Å²) >= 11 is 3.63. The first-order valence-electron chi connectivity index (χ1n) is 3.91. The van der Waals surface area contributed by atoms with E-state index >= 15 is 0 Å². The van der Waals surface area contributed by atoms with Crippen LogP contribution in [0.5, 0.6) is 0 Å². The number of aliphatic carboxylic acids is 1. The van der Waals surface area contributed by atoms with Crippen molar-refractivity contribution in [3.05, 3.63) is 0 Å². The van der Waals surface area contributed by atoms with Crippen molar-refractivity contribution in [2.45, 2.75) is 29.4 Å². The summed E-state index contributed by atoms with van der Waals surface area (Å²) < 4.78 is 125. The molecule has 0 bridgehead atoms. The molecule has 1 N–H and O–H groups in total. The van der Waals surface area contributed by atoms with Crippen LogP contribution in [0.1, 0.15) is 0 Å². The monoisotopic (exact) mass is 346 g/mol. The van der Waals surface area contributed by atoms with Gasteiger partial charge in [-0.3, -0.25) is 0 Å². The van der Waals surface area contributed by atoms with E-state index in [1.165, 1.54) is 0 Å². The minimum absolute atomic E-state index is 1.79. The van der Waals surface area contributed by atoms with Gasteiger partial charge in [-0.2, -0.15) is 43.9 Å². The first-order valence-corrected chi connectivity index (χ1v) is 4.29. The van der Waals surface area contributed by atoms with Crippen molar-refractivity contribution in [2.24, 2.45) is 0 Å². The summed E-state index contributed by atoms with van der Waals surface area (Å²) in [5.74, 6) is -25.2. The molecule has 0 fully saturated rings. The average molecular weight is 347 g/mol. The van der Waals surface area contributed by atoms with E-state index in [0.717, 1.165) is 0 Å². The fourth-order valence-electron chi connectivity index (χ4n) is 0.724. The third-order valence-electron chi connectivity index (χ3n) is 1.67. The van der Waals surface area contributed by atoms with E-state index in [1.807, 2.05) is 0 Å². The molecule has 0 aromatic carbocycles. The molecule has 0 aliphatic carbocycles. The van der Waals surface area contributed by atoms with Crippen molar-refractivity contribution in [3.63, 3.8) is 0 Å². The van der Waals surface area contributed by atoms with Gasteiger partial charge in [-0.15, -0.1) is 0 Å². The molecule has 0 aliphatic heterocycles. The Labute approximate surface area is 107 Å². The molecule has 0 atom stereocenters. The molecule has 0 spiro atoms. The molecule has 0 aliphatic rings. The van der Waals surface area contributed by atoms with Gasteiger partial charge in [0.05, 0.1) is 0 Å². The fourth-order valence-corrected chi connectivity index (χ4v) is 0.821. The fraction of sp³-hybridized carbons (Fsp3) is 0.833. The van der Waals surface area contributed by atoms with E-state index in [-0.39, 0.29) is 0 Å². The van der Waals surface area contributed by atoms with E-state index in [9.17, 15) is 48.7 Å². The van der Waals surface area contributed by atoms with Crippen molar-refractivity contribution < 1.29 is 58.5 Å². The predicted molar refractivity (Wildman–Crippen MR) is 39.3 cm³/mol. The molecule has 0 saturated heterocycles. The largest absolute Gasteiger partial charge is 0.477 e. The van der Waals surface area contributed by atoms with E-state index in [0.29, 0.717) is 0 Å². The summed E-state index contributed by atoms with van der Waals surface area (Å²) in [6.07, 6.45) is -6.90. The van der Waals surface area contributed by atoms with Gasteiger partial charge in [0.1, 0.15) is 0 Å². The maximum atomic E-state index is 12.6. The first kappa shape index (κ1) is 19.0. The van der Waals surface area contributed by atoms with Gasteiger partial charge >= 0.3 is 35.4 Å². The van der Waals surface area contributed by atoms with Crippen molar-refractivity contribution >= 4 is 17.6 Å². The Balaban J connectivity index is 5.78. The number of alkyl halides is 11. The van der Waals surface area contributed by atoms with E-state index in [1.54, 1.807) is 4.74 Å². The lowest BCUT2D eigenvalue weighted by Crippen LogP contribution is -2.65. The van der Waals surface area contributed by atoms with Crippen LogP contribution in [0, 0.1) is 0 Å². The van der Waals surface area contributed by atoms with Crippen LogP contribution < -0.4 is 0 Å². The topological polar surface area (TPSA) is 46.5 Å². The maximum absolute atomic E-state index is 12.6. The summed E-state index contributed by atoms with van der Waals surface area (Å²) in [7, 11) is 0. The second-order valence-electron chi connectivity index (χ2n) is 3.09. The summed E-state index contributed by atoms with van der Waals surface area (Å²) in [5, 5.41) is 7.62. The van der Waals surface area contributed by atoms with Gasteiger partial charge in [-0.05, 0) is 11.6 Å². The van der Waals surface area contributed by atoms with Crippen LogP contribution in [0.3, 0.4) is 0 Å². The zero-order valence-corrected chi connectivity index (χ0v) is 9.18. The summed E-state index contributed by atoms with van der Waals surface area (Å²) in [6, 6.07) is 0. The van der Waals surface area contributed by atoms with E-state index < -0.39 is 35.4 Å². The van der Waals surface area contributed by atoms with Gasteiger partial charge in [0, 0.05) is 0 Å². The Morgan fingerprint density at radius 3 is 1.45 bits per heavy atom. The molecule has 0 aromatic rings. The SMILES string of the molecule is O=C(O)C(F)(F)C(F)(F)C(F)(F)C(F)(F)OC(F)(F)Cl. The van der Waals surface area contributed by atoms with Crippen LogP contribution in [-0.2, 0) is 9.53 Å². The van der Waals surface area contributed by atoms with Crippen molar-refractivity contribution in [3.8, 4) is 0 Å². The van der Waals surface area contributed by atoms with Crippen LogP contribution >= 0.6 is 11.6 Å². The highest BCUT2D eigenvalue weighted by Gasteiger charge is 2.85. The number of carbonyl (C=O) groups is 1. The zero-order valence-electron chi connectivity index (χ0n) is 8.42. The summed E-state index contributed by atoms with van der Waals surface area (Å²) in [4.78, 5) is 9.70. The Morgan fingerprint density at radius 2 is 1.20 bits per heavy atom. The smallest absolute Gasteiger partial charge is 0.445 e. The van der Waals surface area contributed by atoms with Gasteiger partial charge in [0.15, 0.2) is 0 Å². The molecule has 0 aromatic heterocycles. The molecule has 0 heterocycles. The highest BCUT2D eigenvalue weighted by atomic mass is 35.5. The molecule has 0 amide bonds. The Bertz CT molecular complexity index is 389. The summed E-state index contributed by atoms with van der Waals surface area (Å²) in [5.41, 5.74) is -5.61. The van der Waals surface area contributed by atoms with Gasteiger partial charge in [0.2, 0.25) is 0 Å². The van der Waals surface area contributed by atoms with Gasteiger partial charge in [0.25, 0.3) is 0 Å². The second-order valence-corrected chi connectivity index (χ2v) is 3.53. The molecule has 0 unspecified atom stereocenters.